The van der Waals surface area contributed by atoms with E-state index in [9.17, 15) is 32.3 Å². The molecule has 0 aliphatic carbocycles. The van der Waals surface area contributed by atoms with Gasteiger partial charge in [-0.2, -0.15) is 13.2 Å². The Kier molecular flexibility index (Phi) is 5.87. The Morgan fingerprint density at radius 3 is 2.03 bits per heavy atom. The van der Waals surface area contributed by atoms with Crippen molar-refractivity contribution in [2.75, 3.05) is 12.0 Å². The Hall–Kier alpha value is -4.14. The number of anilines is 1. The predicted octanol–water partition coefficient (Wildman–Crippen LogP) is 5.48. The van der Waals surface area contributed by atoms with Crippen molar-refractivity contribution < 1.29 is 37.0 Å². The first-order valence-corrected chi connectivity index (χ1v) is 10.00. The largest absolute Gasteiger partial charge is 0.507 e. The van der Waals surface area contributed by atoms with Crippen LogP contribution in [0, 0.1) is 5.82 Å². The fourth-order valence-corrected chi connectivity index (χ4v) is 3.77. The van der Waals surface area contributed by atoms with Crippen LogP contribution < -0.4 is 9.64 Å². The van der Waals surface area contributed by atoms with Crippen molar-refractivity contribution in [2.24, 2.45) is 0 Å². The second kappa shape index (κ2) is 8.66. The predicted molar refractivity (Wildman–Crippen MR) is 116 cm³/mol. The number of ketones is 1. The number of aliphatic hydroxyl groups excluding tert-OH is 1. The summed E-state index contributed by atoms with van der Waals surface area (Å²) in [5.41, 5.74) is -0.682. The van der Waals surface area contributed by atoms with Gasteiger partial charge in [0.1, 0.15) is 17.3 Å². The first kappa shape index (κ1) is 23.0. The van der Waals surface area contributed by atoms with Crippen LogP contribution in [0.3, 0.4) is 0 Å². The van der Waals surface area contributed by atoms with Crippen molar-refractivity contribution in [3.05, 3.63) is 101 Å². The molecule has 0 aromatic heterocycles. The van der Waals surface area contributed by atoms with Gasteiger partial charge in [0.15, 0.2) is 0 Å². The van der Waals surface area contributed by atoms with Crippen LogP contribution in [-0.4, -0.2) is 23.9 Å². The van der Waals surface area contributed by atoms with Gasteiger partial charge >= 0.3 is 6.18 Å². The van der Waals surface area contributed by atoms with E-state index < -0.39 is 41.0 Å². The van der Waals surface area contributed by atoms with E-state index in [0.717, 1.165) is 41.3 Å². The highest BCUT2D eigenvalue weighted by Gasteiger charge is 2.47. The van der Waals surface area contributed by atoms with Crippen molar-refractivity contribution >= 4 is 23.1 Å². The van der Waals surface area contributed by atoms with Crippen LogP contribution in [-0.2, 0) is 15.8 Å². The molecule has 1 atom stereocenters. The molecule has 0 spiro atoms. The number of halogens is 4. The van der Waals surface area contributed by atoms with Crippen molar-refractivity contribution in [1.29, 1.82) is 0 Å². The third kappa shape index (κ3) is 4.12. The van der Waals surface area contributed by atoms with Gasteiger partial charge in [0.2, 0.25) is 0 Å². The second-order valence-electron chi connectivity index (χ2n) is 7.49. The summed E-state index contributed by atoms with van der Waals surface area (Å²) in [6.45, 7) is 0. The highest BCUT2D eigenvalue weighted by Crippen LogP contribution is 2.43. The van der Waals surface area contributed by atoms with E-state index in [0.29, 0.717) is 5.75 Å². The van der Waals surface area contributed by atoms with E-state index in [1.54, 1.807) is 12.1 Å². The quantitative estimate of drug-likeness (QED) is 0.237. The van der Waals surface area contributed by atoms with Crippen LogP contribution in [0.15, 0.2) is 78.4 Å². The monoisotopic (exact) mass is 471 g/mol. The van der Waals surface area contributed by atoms with Gasteiger partial charge in [-0.1, -0.05) is 12.1 Å². The lowest BCUT2D eigenvalue weighted by molar-refractivity contribution is -0.137. The van der Waals surface area contributed by atoms with Gasteiger partial charge < -0.3 is 9.84 Å². The fraction of sp³-hybridized carbons (Fsp3) is 0.120. The summed E-state index contributed by atoms with van der Waals surface area (Å²) < 4.78 is 57.7. The molecule has 174 valence electrons. The van der Waals surface area contributed by atoms with Gasteiger partial charge in [-0.05, 0) is 66.2 Å². The number of hydrogen-bond donors (Lipinski definition) is 1. The lowest BCUT2D eigenvalue weighted by atomic mass is 9.95. The smallest absolute Gasteiger partial charge is 0.416 e. The maximum atomic E-state index is 13.6. The molecule has 0 radical (unpaired) electrons. The third-order valence-electron chi connectivity index (χ3n) is 5.47. The first-order chi connectivity index (χ1) is 16.1. The molecule has 1 N–H and O–H groups in total. The van der Waals surface area contributed by atoms with Crippen molar-refractivity contribution in [3.8, 4) is 5.75 Å². The summed E-state index contributed by atoms with van der Waals surface area (Å²) in [6, 6.07) is 13.5. The van der Waals surface area contributed by atoms with E-state index in [4.69, 9.17) is 4.74 Å². The van der Waals surface area contributed by atoms with E-state index in [2.05, 4.69) is 0 Å². The molecule has 1 aliphatic heterocycles. The molecule has 9 heteroatoms. The molecule has 4 rings (SSSR count). The zero-order valence-corrected chi connectivity index (χ0v) is 17.6. The number of ether oxygens (including phenoxy) is 1. The summed E-state index contributed by atoms with van der Waals surface area (Å²) >= 11 is 0. The van der Waals surface area contributed by atoms with Crippen LogP contribution in [0.2, 0.25) is 0 Å². The van der Waals surface area contributed by atoms with E-state index in [-0.39, 0.29) is 22.4 Å². The SMILES string of the molecule is COc1ccc(/C(O)=C2\C(=O)C(=O)N(c3ccc(C(F)(F)F)cc3)C2c2ccc(F)cc2)cc1. The van der Waals surface area contributed by atoms with E-state index in [1.807, 2.05) is 0 Å². The number of Topliss-reactive ketones (excluding diaryl/α,β-unsaturated/α-hetero) is 1. The van der Waals surface area contributed by atoms with Crippen LogP contribution in [0.4, 0.5) is 23.2 Å². The normalized spacial score (nSPS) is 17.8. The summed E-state index contributed by atoms with van der Waals surface area (Å²) in [5.74, 6) is -2.61. The molecule has 1 heterocycles. The Labute approximate surface area is 191 Å². The number of aliphatic hydroxyl groups is 1. The van der Waals surface area contributed by atoms with Gasteiger partial charge in [0, 0.05) is 11.3 Å². The summed E-state index contributed by atoms with van der Waals surface area (Å²) in [5, 5.41) is 11.0. The number of hydrogen-bond acceptors (Lipinski definition) is 4. The molecule has 1 unspecified atom stereocenters. The first-order valence-electron chi connectivity index (χ1n) is 10.00. The van der Waals surface area contributed by atoms with Crippen LogP contribution in [0.25, 0.3) is 5.76 Å². The molecule has 1 fully saturated rings. The minimum atomic E-state index is -4.59. The average molecular weight is 471 g/mol. The number of nitrogens with zero attached hydrogens (tertiary/aromatic N) is 1. The van der Waals surface area contributed by atoms with Gasteiger partial charge in [-0.15, -0.1) is 0 Å². The molecule has 0 saturated carbocycles. The molecular weight excluding hydrogens is 454 g/mol. The zero-order valence-electron chi connectivity index (χ0n) is 17.6. The number of carbonyl (C=O) groups excluding carboxylic acids is 2. The van der Waals surface area contributed by atoms with Gasteiger partial charge in [-0.25, -0.2) is 4.39 Å². The third-order valence-corrected chi connectivity index (χ3v) is 5.47. The van der Waals surface area contributed by atoms with Crippen molar-refractivity contribution in [1.82, 2.24) is 0 Å². The number of alkyl halides is 3. The van der Waals surface area contributed by atoms with Crippen LogP contribution in [0.1, 0.15) is 22.7 Å². The second-order valence-corrected chi connectivity index (χ2v) is 7.49. The van der Waals surface area contributed by atoms with Crippen LogP contribution in [0.5, 0.6) is 5.75 Å². The Bertz CT molecular complexity index is 1260. The number of carbonyl (C=O) groups is 2. The highest BCUT2D eigenvalue weighted by atomic mass is 19.4. The molecule has 5 nitrogen and oxygen atoms in total. The Morgan fingerprint density at radius 1 is 0.912 bits per heavy atom. The van der Waals surface area contributed by atoms with E-state index >= 15 is 0 Å². The maximum Gasteiger partial charge on any atom is 0.416 e. The minimum Gasteiger partial charge on any atom is -0.507 e. The molecule has 1 amide bonds. The number of amides is 1. The zero-order chi connectivity index (χ0) is 24.6. The lowest BCUT2D eigenvalue weighted by Gasteiger charge is -2.25. The number of rotatable bonds is 4. The Balaban J connectivity index is 1.88. The Morgan fingerprint density at radius 2 is 1.50 bits per heavy atom. The summed E-state index contributed by atoms with van der Waals surface area (Å²) in [7, 11) is 1.46. The van der Waals surface area contributed by atoms with Crippen LogP contribution >= 0.6 is 0 Å². The van der Waals surface area contributed by atoms with Crippen molar-refractivity contribution in [2.45, 2.75) is 12.2 Å². The lowest BCUT2D eigenvalue weighted by Crippen LogP contribution is -2.29. The average Bonchev–Trinajstić information content (AvgIpc) is 3.09. The van der Waals surface area contributed by atoms with Gasteiger partial charge in [-0.3, -0.25) is 14.5 Å². The molecule has 1 aliphatic rings. The standard InChI is InChI=1S/C25H17F4NO4/c1-34-19-12-4-15(5-13-19)22(31)20-21(14-2-8-17(26)9-3-14)30(24(33)23(20)32)18-10-6-16(7-11-18)25(27,28)29/h2-13,21,31H,1H3/b22-20+. The van der Waals surface area contributed by atoms with Crippen molar-refractivity contribution in [3.63, 3.8) is 0 Å². The maximum absolute atomic E-state index is 13.6. The molecule has 1 saturated heterocycles. The molecule has 0 bridgehead atoms. The molecular formula is C25H17F4NO4. The molecule has 34 heavy (non-hydrogen) atoms. The molecule has 3 aromatic rings. The van der Waals surface area contributed by atoms with Gasteiger partial charge in [0.05, 0.1) is 24.3 Å². The van der Waals surface area contributed by atoms with Gasteiger partial charge in [0.25, 0.3) is 11.7 Å². The topological polar surface area (TPSA) is 66.8 Å². The summed E-state index contributed by atoms with van der Waals surface area (Å²) in [6.07, 6.45) is -4.59. The highest BCUT2D eigenvalue weighted by molar-refractivity contribution is 6.51. The molecule has 3 aromatic carbocycles. The minimum absolute atomic E-state index is 0.0122. The summed E-state index contributed by atoms with van der Waals surface area (Å²) in [4.78, 5) is 27.0. The number of methoxy groups -OCH3 is 1. The fourth-order valence-electron chi connectivity index (χ4n) is 3.77. The van der Waals surface area contributed by atoms with E-state index in [1.165, 1.54) is 31.4 Å². The number of benzene rings is 3.